The lowest BCUT2D eigenvalue weighted by Crippen LogP contribution is -2.33. The summed E-state index contributed by atoms with van der Waals surface area (Å²) in [6.07, 6.45) is 1.04. The summed E-state index contributed by atoms with van der Waals surface area (Å²) in [4.78, 5) is 4.47. The number of nitrogens with one attached hydrogen (secondary N) is 1. The standard InChI is InChI=1S/C22H31N3O3.HI/c1-16(26)13-19(18-7-5-4-6-8-18)15-25-22(23)24-12-11-17-9-10-20(27-2)21(14-17)28-3;/h4-10,14,16,19,26H,11-13,15H2,1-3H3,(H3,23,24,25);1H. The van der Waals surface area contributed by atoms with Crippen molar-refractivity contribution in [3.63, 3.8) is 0 Å². The van der Waals surface area contributed by atoms with Crippen LogP contribution in [0.3, 0.4) is 0 Å². The van der Waals surface area contributed by atoms with E-state index in [-0.39, 0.29) is 36.0 Å². The van der Waals surface area contributed by atoms with Gasteiger partial charge in [0.15, 0.2) is 17.5 Å². The molecule has 0 saturated heterocycles. The minimum absolute atomic E-state index is 0. The van der Waals surface area contributed by atoms with Crippen LogP contribution in [0, 0.1) is 0 Å². The maximum Gasteiger partial charge on any atom is 0.188 e. The third kappa shape index (κ3) is 8.49. The van der Waals surface area contributed by atoms with Gasteiger partial charge in [0, 0.05) is 19.0 Å². The number of nitrogens with two attached hydrogens (primary N) is 1. The lowest BCUT2D eigenvalue weighted by atomic mass is 9.93. The van der Waals surface area contributed by atoms with Crippen molar-refractivity contribution in [1.82, 2.24) is 5.32 Å². The third-order valence-electron chi connectivity index (χ3n) is 4.55. The van der Waals surface area contributed by atoms with Crippen molar-refractivity contribution in [3.05, 3.63) is 59.7 Å². The van der Waals surface area contributed by atoms with Gasteiger partial charge in [-0.2, -0.15) is 0 Å². The molecule has 0 fully saturated rings. The van der Waals surface area contributed by atoms with Gasteiger partial charge in [0.25, 0.3) is 0 Å². The van der Waals surface area contributed by atoms with Crippen LogP contribution in [0.15, 0.2) is 53.5 Å². The molecular formula is C22H32IN3O3. The number of methoxy groups -OCH3 is 2. The number of halogens is 1. The minimum atomic E-state index is -0.389. The first kappa shape index (κ1) is 25.0. The van der Waals surface area contributed by atoms with E-state index in [0.717, 1.165) is 17.5 Å². The summed E-state index contributed by atoms with van der Waals surface area (Å²) < 4.78 is 10.6. The Morgan fingerprint density at radius 2 is 1.79 bits per heavy atom. The Labute approximate surface area is 190 Å². The molecule has 2 atom stereocenters. The highest BCUT2D eigenvalue weighted by molar-refractivity contribution is 14.0. The Bertz CT molecular complexity index is 754. The molecule has 0 spiro atoms. The van der Waals surface area contributed by atoms with Gasteiger partial charge in [-0.15, -0.1) is 24.0 Å². The van der Waals surface area contributed by atoms with Crippen molar-refractivity contribution in [2.24, 2.45) is 10.7 Å². The van der Waals surface area contributed by atoms with Crippen LogP contribution in [-0.4, -0.2) is 44.5 Å². The van der Waals surface area contributed by atoms with Crippen LogP contribution in [0.4, 0.5) is 0 Å². The number of nitrogens with zero attached hydrogens (tertiary/aromatic N) is 1. The largest absolute Gasteiger partial charge is 0.493 e. The third-order valence-corrected chi connectivity index (χ3v) is 4.55. The Balaban J connectivity index is 0.00000420. The summed E-state index contributed by atoms with van der Waals surface area (Å²) in [6.45, 7) is 2.99. The molecule has 2 aromatic carbocycles. The minimum Gasteiger partial charge on any atom is -0.493 e. The van der Waals surface area contributed by atoms with Crippen molar-refractivity contribution in [1.29, 1.82) is 0 Å². The molecule has 2 aromatic rings. The number of hydrogen-bond donors (Lipinski definition) is 3. The molecule has 160 valence electrons. The van der Waals surface area contributed by atoms with Crippen molar-refractivity contribution < 1.29 is 14.6 Å². The van der Waals surface area contributed by atoms with Gasteiger partial charge in [-0.3, -0.25) is 4.99 Å². The first-order valence-electron chi connectivity index (χ1n) is 9.51. The normalized spacial score (nSPS) is 13.2. The lowest BCUT2D eigenvalue weighted by molar-refractivity contribution is 0.175. The summed E-state index contributed by atoms with van der Waals surface area (Å²) >= 11 is 0. The fourth-order valence-corrected chi connectivity index (χ4v) is 3.09. The van der Waals surface area contributed by atoms with E-state index in [9.17, 15) is 5.11 Å². The van der Waals surface area contributed by atoms with Crippen LogP contribution in [-0.2, 0) is 6.42 Å². The molecule has 29 heavy (non-hydrogen) atoms. The smallest absolute Gasteiger partial charge is 0.188 e. The Morgan fingerprint density at radius 3 is 2.41 bits per heavy atom. The molecule has 0 saturated carbocycles. The monoisotopic (exact) mass is 513 g/mol. The van der Waals surface area contributed by atoms with Crippen molar-refractivity contribution in [2.75, 3.05) is 27.3 Å². The van der Waals surface area contributed by atoms with E-state index in [1.807, 2.05) is 36.4 Å². The molecule has 0 aliphatic carbocycles. The summed E-state index contributed by atoms with van der Waals surface area (Å²) in [6, 6.07) is 16.0. The number of benzene rings is 2. The number of hydrogen-bond acceptors (Lipinski definition) is 4. The second kappa shape index (κ2) is 13.3. The second-order valence-electron chi connectivity index (χ2n) is 6.78. The molecule has 7 heteroatoms. The van der Waals surface area contributed by atoms with E-state index >= 15 is 0 Å². The molecule has 0 aliphatic heterocycles. The fourth-order valence-electron chi connectivity index (χ4n) is 3.09. The van der Waals surface area contributed by atoms with Crippen LogP contribution < -0.4 is 20.5 Å². The number of rotatable bonds is 10. The van der Waals surface area contributed by atoms with Gasteiger partial charge in [0.2, 0.25) is 0 Å². The van der Waals surface area contributed by atoms with Gasteiger partial charge in [0.1, 0.15) is 0 Å². The second-order valence-corrected chi connectivity index (χ2v) is 6.78. The zero-order chi connectivity index (χ0) is 20.4. The zero-order valence-corrected chi connectivity index (χ0v) is 19.6. The molecular weight excluding hydrogens is 481 g/mol. The number of ether oxygens (including phenoxy) is 2. The van der Waals surface area contributed by atoms with Crippen LogP contribution in [0.1, 0.15) is 30.4 Å². The predicted octanol–water partition coefficient (Wildman–Crippen LogP) is 3.32. The van der Waals surface area contributed by atoms with Gasteiger partial charge in [-0.05, 0) is 43.0 Å². The van der Waals surface area contributed by atoms with Crippen LogP contribution >= 0.6 is 24.0 Å². The van der Waals surface area contributed by atoms with E-state index < -0.39 is 0 Å². The Hall–Kier alpha value is -2.00. The van der Waals surface area contributed by atoms with Crippen LogP contribution in [0.5, 0.6) is 11.5 Å². The van der Waals surface area contributed by atoms with Crippen LogP contribution in [0.2, 0.25) is 0 Å². The van der Waals surface area contributed by atoms with Gasteiger partial charge >= 0.3 is 0 Å². The highest BCUT2D eigenvalue weighted by Gasteiger charge is 2.14. The Morgan fingerprint density at radius 1 is 1.10 bits per heavy atom. The molecule has 2 rings (SSSR count). The van der Waals surface area contributed by atoms with E-state index in [1.54, 1.807) is 21.1 Å². The van der Waals surface area contributed by atoms with E-state index in [1.165, 1.54) is 0 Å². The predicted molar refractivity (Wildman–Crippen MR) is 129 cm³/mol. The zero-order valence-electron chi connectivity index (χ0n) is 17.3. The van der Waals surface area contributed by atoms with Crippen LogP contribution in [0.25, 0.3) is 0 Å². The molecule has 4 N–H and O–H groups in total. The highest BCUT2D eigenvalue weighted by atomic mass is 127. The summed E-state index contributed by atoms with van der Waals surface area (Å²) in [5.74, 6) is 1.97. The molecule has 0 heterocycles. The lowest BCUT2D eigenvalue weighted by Gasteiger charge is -2.17. The van der Waals surface area contributed by atoms with E-state index in [0.29, 0.717) is 37.0 Å². The molecule has 0 aliphatic rings. The quantitative estimate of drug-likeness (QED) is 0.258. The summed E-state index contributed by atoms with van der Waals surface area (Å²) in [7, 11) is 3.25. The molecule has 2 unspecified atom stereocenters. The average Bonchev–Trinajstić information content (AvgIpc) is 2.71. The maximum absolute atomic E-state index is 9.78. The number of aliphatic hydroxyl groups is 1. The van der Waals surface area contributed by atoms with E-state index in [4.69, 9.17) is 15.2 Å². The molecule has 0 bridgehead atoms. The van der Waals surface area contributed by atoms with Crippen molar-refractivity contribution in [3.8, 4) is 11.5 Å². The maximum atomic E-state index is 9.78. The molecule has 0 aromatic heterocycles. The number of guanidine groups is 1. The molecule has 6 nitrogen and oxygen atoms in total. The van der Waals surface area contributed by atoms with E-state index in [2.05, 4.69) is 22.4 Å². The number of aliphatic hydroxyl groups excluding tert-OH is 1. The van der Waals surface area contributed by atoms with Crippen molar-refractivity contribution in [2.45, 2.75) is 31.8 Å². The SMILES string of the molecule is COc1ccc(CCNC(N)=NCC(CC(C)O)c2ccccc2)cc1OC.I. The van der Waals surface area contributed by atoms with Crippen molar-refractivity contribution >= 4 is 29.9 Å². The molecule has 0 amide bonds. The topological polar surface area (TPSA) is 89.1 Å². The fraction of sp³-hybridized carbons (Fsp3) is 0.409. The van der Waals surface area contributed by atoms with Gasteiger partial charge < -0.3 is 25.6 Å². The number of aliphatic imine (C=N–C) groups is 1. The summed E-state index contributed by atoms with van der Waals surface area (Å²) in [5.41, 5.74) is 8.31. The average molecular weight is 513 g/mol. The first-order valence-corrected chi connectivity index (χ1v) is 9.51. The highest BCUT2D eigenvalue weighted by Crippen LogP contribution is 2.27. The first-order chi connectivity index (χ1) is 13.5. The van der Waals surface area contributed by atoms with Gasteiger partial charge in [-0.1, -0.05) is 36.4 Å². The summed E-state index contributed by atoms with van der Waals surface area (Å²) in [5, 5.41) is 12.9. The van der Waals surface area contributed by atoms with Gasteiger partial charge in [0.05, 0.1) is 20.3 Å². The van der Waals surface area contributed by atoms with Gasteiger partial charge in [-0.25, -0.2) is 0 Å². The Kier molecular flexibility index (Phi) is 11.5. The molecule has 0 radical (unpaired) electrons.